The highest BCUT2D eigenvalue weighted by Gasteiger charge is 2.31. The van der Waals surface area contributed by atoms with Crippen LogP contribution < -0.4 is 0 Å². The zero-order chi connectivity index (χ0) is 15.0. The molecule has 0 aliphatic heterocycles. The molecule has 0 radical (unpaired) electrons. The van der Waals surface area contributed by atoms with E-state index < -0.39 is 9.90 Å². The van der Waals surface area contributed by atoms with Gasteiger partial charge < -0.3 is 5.11 Å². The topological polar surface area (TPSA) is 33.1 Å². The number of aromatic nitrogens is 1. The lowest BCUT2D eigenvalue weighted by atomic mass is 9.98. The van der Waals surface area contributed by atoms with Crippen molar-refractivity contribution in [3.05, 3.63) is 54.1 Å². The second-order valence-electron chi connectivity index (χ2n) is 4.89. The van der Waals surface area contributed by atoms with Gasteiger partial charge in [-0.1, -0.05) is 71.2 Å². The van der Waals surface area contributed by atoms with Crippen molar-refractivity contribution in [2.24, 2.45) is 0 Å². The normalized spacial score (nSPS) is 13.7. The van der Waals surface area contributed by atoms with Crippen LogP contribution in [0.25, 0.3) is 21.8 Å². The van der Waals surface area contributed by atoms with Crippen molar-refractivity contribution in [2.75, 3.05) is 0 Å². The summed E-state index contributed by atoms with van der Waals surface area (Å²) in [5, 5.41) is 12.1. The lowest BCUT2D eigenvalue weighted by Crippen LogP contribution is -2.27. The van der Waals surface area contributed by atoms with Gasteiger partial charge >= 0.3 is 0 Å². The largest absolute Gasteiger partial charge is 0.388 e. The van der Waals surface area contributed by atoms with E-state index in [0.717, 1.165) is 27.4 Å². The van der Waals surface area contributed by atoms with E-state index in [-0.39, 0.29) is 6.42 Å². The zero-order valence-corrected chi connectivity index (χ0v) is 13.2. The van der Waals surface area contributed by atoms with Gasteiger partial charge in [0.2, 0.25) is 3.79 Å². The van der Waals surface area contributed by atoms with E-state index in [1.807, 2.05) is 48.5 Å². The van der Waals surface area contributed by atoms with Crippen molar-refractivity contribution < 1.29 is 5.11 Å². The lowest BCUT2D eigenvalue weighted by molar-refractivity contribution is 0.180. The SMILES string of the molecule is O[C@H](Cc1c2ccccc2nc2ccccc12)C(Cl)(Cl)Cl. The maximum atomic E-state index is 10.1. The summed E-state index contributed by atoms with van der Waals surface area (Å²) >= 11 is 17.4. The number of hydrogen-bond acceptors (Lipinski definition) is 2. The van der Waals surface area contributed by atoms with Gasteiger partial charge in [0.1, 0.15) is 6.10 Å². The second-order valence-corrected chi connectivity index (χ2v) is 7.26. The Labute approximate surface area is 137 Å². The molecule has 1 N–H and O–H groups in total. The van der Waals surface area contributed by atoms with Crippen LogP contribution in [0.4, 0.5) is 0 Å². The van der Waals surface area contributed by atoms with E-state index in [1.54, 1.807) is 0 Å². The number of alkyl halides is 3. The van der Waals surface area contributed by atoms with Crippen LogP contribution in [0.15, 0.2) is 48.5 Å². The summed E-state index contributed by atoms with van der Waals surface area (Å²) in [6.07, 6.45) is -0.836. The Morgan fingerprint density at radius 2 is 1.38 bits per heavy atom. The van der Waals surface area contributed by atoms with Gasteiger partial charge in [-0.25, -0.2) is 4.98 Å². The Bertz CT molecular complexity index is 744. The molecule has 0 amide bonds. The van der Waals surface area contributed by atoms with Gasteiger partial charge in [-0.05, 0) is 17.7 Å². The lowest BCUT2D eigenvalue weighted by Gasteiger charge is -2.20. The van der Waals surface area contributed by atoms with Gasteiger partial charge in [0.25, 0.3) is 0 Å². The third-order valence-corrected chi connectivity index (χ3v) is 4.23. The number of aliphatic hydroxyl groups excluding tert-OH is 1. The fraction of sp³-hybridized carbons (Fsp3) is 0.188. The molecule has 1 heterocycles. The molecule has 3 aromatic rings. The number of hydrogen-bond donors (Lipinski definition) is 1. The summed E-state index contributed by atoms with van der Waals surface area (Å²) in [7, 11) is 0. The summed E-state index contributed by atoms with van der Waals surface area (Å²) in [5.41, 5.74) is 2.67. The van der Waals surface area contributed by atoms with E-state index in [1.165, 1.54) is 0 Å². The molecular weight excluding hydrogens is 329 g/mol. The average molecular weight is 341 g/mol. The summed E-state index contributed by atoms with van der Waals surface area (Å²) in [5.74, 6) is 0. The van der Waals surface area contributed by atoms with Crippen molar-refractivity contribution in [1.29, 1.82) is 0 Å². The molecule has 0 fully saturated rings. The third-order valence-electron chi connectivity index (χ3n) is 3.47. The fourth-order valence-electron chi connectivity index (χ4n) is 2.46. The van der Waals surface area contributed by atoms with Crippen LogP contribution in [-0.4, -0.2) is 20.0 Å². The number of fused-ring (bicyclic) bond motifs is 2. The zero-order valence-electron chi connectivity index (χ0n) is 10.9. The smallest absolute Gasteiger partial charge is 0.216 e. The molecule has 0 saturated heterocycles. The molecule has 2 nitrogen and oxygen atoms in total. The van der Waals surface area contributed by atoms with Crippen LogP contribution in [0.5, 0.6) is 0 Å². The van der Waals surface area contributed by atoms with Crippen LogP contribution in [0, 0.1) is 0 Å². The number of halogens is 3. The summed E-state index contributed by atoms with van der Waals surface area (Å²) < 4.78 is -1.72. The number of rotatable bonds is 2. The van der Waals surface area contributed by atoms with Gasteiger partial charge in [0.15, 0.2) is 0 Å². The fourth-order valence-corrected chi connectivity index (χ4v) is 2.69. The molecule has 1 atom stereocenters. The van der Waals surface area contributed by atoms with Crippen molar-refractivity contribution >= 4 is 56.6 Å². The van der Waals surface area contributed by atoms with Crippen molar-refractivity contribution in [3.8, 4) is 0 Å². The first-order valence-corrected chi connectivity index (χ1v) is 7.61. The van der Waals surface area contributed by atoms with Crippen LogP contribution in [0.3, 0.4) is 0 Å². The molecule has 108 valence electrons. The highest BCUT2D eigenvalue weighted by atomic mass is 35.6. The third kappa shape index (κ3) is 2.95. The first-order chi connectivity index (χ1) is 9.97. The average Bonchev–Trinajstić information content (AvgIpc) is 2.46. The molecule has 0 aliphatic rings. The minimum absolute atomic E-state index is 0.250. The van der Waals surface area contributed by atoms with Crippen LogP contribution in [-0.2, 0) is 6.42 Å². The first-order valence-electron chi connectivity index (χ1n) is 6.48. The number of aliphatic hydroxyl groups is 1. The van der Waals surface area contributed by atoms with Gasteiger partial charge in [0, 0.05) is 17.2 Å². The quantitative estimate of drug-likeness (QED) is 0.543. The summed E-state index contributed by atoms with van der Waals surface area (Å²) in [4.78, 5) is 4.63. The Morgan fingerprint density at radius 1 is 0.905 bits per heavy atom. The molecule has 1 aromatic heterocycles. The molecule has 2 aromatic carbocycles. The van der Waals surface area contributed by atoms with E-state index in [0.29, 0.717) is 0 Å². The molecular formula is C16H12Cl3NO. The van der Waals surface area contributed by atoms with Crippen LogP contribution >= 0.6 is 34.8 Å². The van der Waals surface area contributed by atoms with E-state index >= 15 is 0 Å². The van der Waals surface area contributed by atoms with Crippen molar-refractivity contribution in [1.82, 2.24) is 4.98 Å². The molecule has 0 bridgehead atoms. The standard InChI is InChI=1S/C16H12Cl3NO/c17-16(18,19)15(21)9-12-10-5-1-3-7-13(10)20-14-8-4-2-6-11(12)14/h1-8,15,21H,9H2/t15-/m1/s1. The van der Waals surface area contributed by atoms with Gasteiger partial charge in [-0.3, -0.25) is 0 Å². The van der Waals surface area contributed by atoms with E-state index in [4.69, 9.17) is 34.8 Å². The highest BCUT2D eigenvalue weighted by molar-refractivity contribution is 6.68. The maximum Gasteiger partial charge on any atom is 0.216 e. The van der Waals surface area contributed by atoms with E-state index in [2.05, 4.69) is 4.98 Å². The monoisotopic (exact) mass is 339 g/mol. The van der Waals surface area contributed by atoms with Crippen LogP contribution in [0.2, 0.25) is 0 Å². The van der Waals surface area contributed by atoms with Gasteiger partial charge in [0.05, 0.1) is 11.0 Å². The molecule has 0 saturated carbocycles. The number of para-hydroxylation sites is 2. The Morgan fingerprint density at radius 3 is 1.86 bits per heavy atom. The van der Waals surface area contributed by atoms with Gasteiger partial charge in [-0.15, -0.1) is 0 Å². The minimum atomic E-state index is -1.72. The Hall–Kier alpha value is -1.06. The first kappa shape index (κ1) is 14.9. The molecule has 0 aliphatic carbocycles. The molecule has 0 unspecified atom stereocenters. The van der Waals surface area contributed by atoms with Crippen molar-refractivity contribution in [2.45, 2.75) is 16.3 Å². The maximum absolute atomic E-state index is 10.1. The Kier molecular flexibility index (Phi) is 3.98. The minimum Gasteiger partial charge on any atom is -0.388 e. The molecule has 21 heavy (non-hydrogen) atoms. The predicted molar refractivity (Wildman–Crippen MR) is 89.2 cm³/mol. The number of nitrogens with zero attached hydrogens (tertiary/aromatic N) is 1. The molecule has 3 rings (SSSR count). The molecule has 5 heteroatoms. The van der Waals surface area contributed by atoms with E-state index in [9.17, 15) is 5.11 Å². The molecule has 0 spiro atoms. The van der Waals surface area contributed by atoms with Crippen molar-refractivity contribution in [3.63, 3.8) is 0 Å². The second kappa shape index (κ2) is 5.62. The van der Waals surface area contributed by atoms with Crippen LogP contribution in [0.1, 0.15) is 5.56 Å². The highest BCUT2D eigenvalue weighted by Crippen LogP contribution is 2.35. The number of pyridine rings is 1. The Balaban J connectivity index is 2.25. The predicted octanol–water partition coefficient (Wildman–Crippen LogP) is 4.66. The van der Waals surface area contributed by atoms with Gasteiger partial charge in [-0.2, -0.15) is 0 Å². The summed E-state index contributed by atoms with van der Waals surface area (Å²) in [6, 6.07) is 15.5. The number of benzene rings is 2. The summed E-state index contributed by atoms with van der Waals surface area (Å²) in [6.45, 7) is 0.